The molecule has 0 radical (unpaired) electrons. The van der Waals surface area contributed by atoms with Crippen molar-refractivity contribution < 1.29 is 9.21 Å². The number of amides is 1. The van der Waals surface area contributed by atoms with Crippen molar-refractivity contribution in [2.45, 2.75) is 20.4 Å². The van der Waals surface area contributed by atoms with E-state index in [2.05, 4.69) is 20.6 Å². The molecule has 4 rings (SSSR count). The fourth-order valence-corrected chi connectivity index (χ4v) is 2.98. The molecule has 152 valence electrons. The van der Waals surface area contributed by atoms with Crippen LogP contribution in [0.1, 0.15) is 27.5 Å². The lowest BCUT2D eigenvalue weighted by atomic mass is 10.1. The molecule has 2 aromatic carbocycles. The van der Waals surface area contributed by atoms with Crippen LogP contribution in [-0.2, 0) is 6.54 Å². The molecule has 4 aromatic rings. The topological polar surface area (TPSA) is 112 Å². The van der Waals surface area contributed by atoms with Crippen LogP contribution in [-0.4, -0.2) is 25.9 Å². The van der Waals surface area contributed by atoms with Crippen molar-refractivity contribution in [3.8, 4) is 11.5 Å². The number of hydrogen-bond donors (Lipinski definition) is 2. The first-order valence-corrected chi connectivity index (χ1v) is 9.57. The summed E-state index contributed by atoms with van der Waals surface area (Å²) < 4.78 is 7.21. The second-order valence-electron chi connectivity index (χ2n) is 6.83. The van der Waals surface area contributed by atoms with Gasteiger partial charge in [-0.1, -0.05) is 34.5 Å². The second kappa shape index (κ2) is 8.00. The minimum Gasteiger partial charge on any atom is -0.441 e. The molecule has 0 fully saturated rings. The van der Waals surface area contributed by atoms with Crippen molar-refractivity contribution in [1.82, 2.24) is 20.0 Å². The Kier molecular flexibility index (Phi) is 5.24. The quantitative estimate of drug-likeness (QED) is 0.501. The summed E-state index contributed by atoms with van der Waals surface area (Å²) in [6.07, 6.45) is 0. The predicted molar refractivity (Wildman–Crippen MR) is 114 cm³/mol. The highest BCUT2D eigenvalue weighted by Gasteiger charge is 2.20. The average Bonchev–Trinajstić information content (AvgIpc) is 3.27. The number of aryl methyl sites for hydroxylation is 2. The van der Waals surface area contributed by atoms with Crippen LogP contribution in [0, 0.1) is 13.8 Å². The van der Waals surface area contributed by atoms with Gasteiger partial charge < -0.3 is 15.5 Å². The van der Waals surface area contributed by atoms with E-state index in [1.54, 1.807) is 24.3 Å². The monoisotopic (exact) mass is 422 g/mol. The summed E-state index contributed by atoms with van der Waals surface area (Å²) in [5.41, 5.74) is 9.41. The molecule has 1 amide bonds. The third-order valence-corrected chi connectivity index (χ3v) is 4.83. The Balaban J connectivity index is 1.52. The molecule has 30 heavy (non-hydrogen) atoms. The van der Waals surface area contributed by atoms with Crippen LogP contribution in [0.4, 0.5) is 11.5 Å². The van der Waals surface area contributed by atoms with E-state index < -0.39 is 5.91 Å². The molecule has 0 aliphatic carbocycles. The molecule has 3 N–H and O–H groups in total. The third-order valence-electron chi connectivity index (χ3n) is 4.58. The Morgan fingerprint density at radius 1 is 1.13 bits per heavy atom. The number of halogens is 1. The Morgan fingerprint density at radius 2 is 1.83 bits per heavy atom. The number of hydrogen-bond acceptors (Lipinski definition) is 6. The van der Waals surface area contributed by atoms with E-state index in [1.165, 1.54) is 4.68 Å². The van der Waals surface area contributed by atoms with E-state index in [9.17, 15) is 4.79 Å². The number of carbonyl (C=O) groups excluding carboxylic acids is 1. The van der Waals surface area contributed by atoms with Crippen molar-refractivity contribution in [2.24, 2.45) is 0 Å². The fourth-order valence-electron chi connectivity index (χ4n) is 2.86. The zero-order valence-corrected chi connectivity index (χ0v) is 17.1. The number of aromatic nitrogens is 4. The van der Waals surface area contributed by atoms with Gasteiger partial charge in [-0.2, -0.15) is 0 Å². The van der Waals surface area contributed by atoms with Gasteiger partial charge in [-0.3, -0.25) is 4.79 Å². The van der Waals surface area contributed by atoms with E-state index >= 15 is 0 Å². The van der Waals surface area contributed by atoms with Gasteiger partial charge in [0.2, 0.25) is 5.89 Å². The van der Waals surface area contributed by atoms with Gasteiger partial charge in [0.05, 0.1) is 6.54 Å². The maximum atomic E-state index is 12.5. The van der Waals surface area contributed by atoms with Gasteiger partial charge >= 0.3 is 0 Å². The molecule has 0 aliphatic rings. The molecular formula is C21H19ClN6O2. The van der Waals surface area contributed by atoms with Crippen molar-refractivity contribution in [3.63, 3.8) is 0 Å². The van der Waals surface area contributed by atoms with Crippen molar-refractivity contribution in [3.05, 3.63) is 76.3 Å². The number of rotatable bonds is 5. The van der Waals surface area contributed by atoms with E-state index in [0.29, 0.717) is 28.1 Å². The van der Waals surface area contributed by atoms with Crippen LogP contribution in [0.3, 0.4) is 0 Å². The van der Waals surface area contributed by atoms with E-state index in [0.717, 1.165) is 11.1 Å². The third kappa shape index (κ3) is 4.04. The van der Waals surface area contributed by atoms with Gasteiger partial charge in [0.25, 0.3) is 5.91 Å². The standard InChI is InChI=1S/C21H19ClN6O2/c1-12-3-5-14(6-4-12)21-25-17(13(2)30-21)11-28-19(23)18(26-27-28)20(29)24-16-9-7-15(22)8-10-16/h3-10H,11,23H2,1-2H3,(H,24,29). The molecular weight excluding hydrogens is 404 g/mol. The zero-order valence-electron chi connectivity index (χ0n) is 16.4. The minimum absolute atomic E-state index is 0.0323. The summed E-state index contributed by atoms with van der Waals surface area (Å²) >= 11 is 5.86. The Bertz CT molecular complexity index is 1200. The largest absolute Gasteiger partial charge is 0.441 e. The summed E-state index contributed by atoms with van der Waals surface area (Å²) in [6.45, 7) is 4.07. The highest BCUT2D eigenvalue weighted by atomic mass is 35.5. The number of benzene rings is 2. The number of oxazole rings is 1. The van der Waals surface area contributed by atoms with Gasteiger partial charge in [0.15, 0.2) is 11.5 Å². The molecule has 0 aliphatic heterocycles. The number of nitrogens with zero attached hydrogens (tertiary/aromatic N) is 4. The van der Waals surface area contributed by atoms with Gasteiger partial charge in [0, 0.05) is 16.3 Å². The molecule has 0 spiro atoms. The first-order valence-electron chi connectivity index (χ1n) is 9.20. The highest BCUT2D eigenvalue weighted by molar-refractivity contribution is 6.30. The molecule has 2 aromatic heterocycles. The second-order valence-corrected chi connectivity index (χ2v) is 7.27. The van der Waals surface area contributed by atoms with Crippen LogP contribution >= 0.6 is 11.6 Å². The van der Waals surface area contributed by atoms with Crippen LogP contribution in [0.5, 0.6) is 0 Å². The van der Waals surface area contributed by atoms with Gasteiger partial charge in [-0.25, -0.2) is 9.67 Å². The van der Waals surface area contributed by atoms with Gasteiger partial charge in [0.1, 0.15) is 11.5 Å². The number of nitrogens with two attached hydrogens (primary N) is 1. The SMILES string of the molecule is Cc1ccc(-c2nc(Cn3nnc(C(=O)Nc4ccc(Cl)cc4)c3N)c(C)o2)cc1. The van der Waals surface area contributed by atoms with Crippen molar-refractivity contribution in [1.29, 1.82) is 0 Å². The van der Waals surface area contributed by atoms with Crippen LogP contribution in [0.15, 0.2) is 52.9 Å². The van der Waals surface area contributed by atoms with Crippen LogP contribution in [0.2, 0.25) is 5.02 Å². The summed E-state index contributed by atoms with van der Waals surface area (Å²) in [7, 11) is 0. The Morgan fingerprint density at radius 3 is 2.53 bits per heavy atom. The smallest absolute Gasteiger partial charge is 0.280 e. The van der Waals surface area contributed by atoms with E-state index in [-0.39, 0.29) is 18.1 Å². The Hall–Kier alpha value is -3.65. The minimum atomic E-state index is -0.460. The maximum Gasteiger partial charge on any atom is 0.280 e. The zero-order chi connectivity index (χ0) is 21.3. The summed E-state index contributed by atoms with van der Waals surface area (Å²) in [4.78, 5) is 17.0. The lowest BCUT2D eigenvalue weighted by Gasteiger charge is -2.04. The van der Waals surface area contributed by atoms with Gasteiger partial charge in [-0.05, 0) is 50.2 Å². The van der Waals surface area contributed by atoms with Crippen molar-refractivity contribution >= 4 is 29.0 Å². The summed E-state index contributed by atoms with van der Waals surface area (Å²) in [5.74, 6) is 0.841. The molecule has 0 saturated carbocycles. The van der Waals surface area contributed by atoms with Crippen molar-refractivity contribution in [2.75, 3.05) is 11.1 Å². The maximum absolute atomic E-state index is 12.5. The fraction of sp³-hybridized carbons (Fsp3) is 0.143. The van der Waals surface area contributed by atoms with Crippen LogP contribution < -0.4 is 11.1 Å². The number of carbonyl (C=O) groups is 1. The predicted octanol–water partition coefficient (Wildman–Crippen LogP) is 4.09. The first kappa shape index (κ1) is 19.7. The lowest BCUT2D eigenvalue weighted by molar-refractivity contribution is 0.102. The molecule has 0 saturated heterocycles. The molecule has 9 heteroatoms. The average molecular weight is 423 g/mol. The number of anilines is 2. The molecule has 0 bridgehead atoms. The highest BCUT2D eigenvalue weighted by Crippen LogP contribution is 2.23. The van der Waals surface area contributed by atoms with Crippen LogP contribution in [0.25, 0.3) is 11.5 Å². The molecule has 0 atom stereocenters. The normalized spacial score (nSPS) is 10.9. The van der Waals surface area contributed by atoms with Gasteiger partial charge in [-0.15, -0.1) is 5.10 Å². The number of nitrogens with one attached hydrogen (secondary N) is 1. The molecule has 8 nitrogen and oxygen atoms in total. The van der Waals surface area contributed by atoms with E-state index in [4.69, 9.17) is 21.8 Å². The first-order chi connectivity index (χ1) is 14.4. The molecule has 0 unspecified atom stereocenters. The lowest BCUT2D eigenvalue weighted by Crippen LogP contribution is -2.15. The summed E-state index contributed by atoms with van der Waals surface area (Å²) in [5, 5.41) is 11.2. The molecule has 2 heterocycles. The Labute approximate surface area is 177 Å². The summed E-state index contributed by atoms with van der Waals surface area (Å²) in [6, 6.07) is 14.6. The number of nitrogen functional groups attached to an aromatic ring is 1. The van der Waals surface area contributed by atoms with E-state index in [1.807, 2.05) is 38.1 Å².